The van der Waals surface area contributed by atoms with E-state index < -0.39 is 20.0 Å². The molecule has 0 fully saturated rings. The molecule has 0 saturated carbocycles. The molecule has 1 unspecified atom stereocenters. The zero-order valence-corrected chi connectivity index (χ0v) is 18.7. The van der Waals surface area contributed by atoms with E-state index in [0.29, 0.717) is 35.5 Å². The number of hydrogen-bond acceptors (Lipinski definition) is 5. The minimum atomic E-state index is -3.38. The van der Waals surface area contributed by atoms with Gasteiger partial charge in [-0.3, -0.25) is 13.8 Å². The normalized spacial score (nSPS) is 16.2. The van der Waals surface area contributed by atoms with Gasteiger partial charge >= 0.3 is 0 Å². The van der Waals surface area contributed by atoms with E-state index in [0.717, 1.165) is 5.56 Å². The van der Waals surface area contributed by atoms with Gasteiger partial charge in [0.25, 0.3) is 5.91 Å². The van der Waals surface area contributed by atoms with Crippen LogP contribution in [0.4, 0.5) is 17.1 Å². The largest absolute Gasteiger partial charge is 0.322 e. The molecule has 162 valence electrons. The summed E-state index contributed by atoms with van der Waals surface area (Å²) in [5.41, 5.74) is 2.77. The van der Waals surface area contributed by atoms with Gasteiger partial charge in [-0.25, -0.2) is 16.8 Å². The lowest BCUT2D eigenvalue weighted by atomic mass is 10.1. The highest BCUT2D eigenvalue weighted by molar-refractivity contribution is 7.92. The van der Waals surface area contributed by atoms with Crippen LogP contribution in [0.5, 0.6) is 0 Å². The summed E-state index contributed by atoms with van der Waals surface area (Å²) in [7, 11) is -6.76. The number of rotatable bonds is 7. The van der Waals surface area contributed by atoms with E-state index in [2.05, 4.69) is 10.0 Å². The fraction of sp³-hybridized carbons (Fsp3) is 0.350. The summed E-state index contributed by atoms with van der Waals surface area (Å²) in [6.45, 7) is 3.62. The first-order chi connectivity index (χ1) is 14.0. The lowest BCUT2D eigenvalue weighted by Gasteiger charge is -2.21. The molecular formula is C20H25N3O5S2. The van der Waals surface area contributed by atoms with Gasteiger partial charge in [-0.2, -0.15) is 0 Å². The smallest absolute Gasteiger partial charge is 0.255 e. The zero-order valence-electron chi connectivity index (χ0n) is 17.0. The maximum Gasteiger partial charge on any atom is 0.255 e. The summed E-state index contributed by atoms with van der Waals surface area (Å²) in [4.78, 5) is 12.6. The van der Waals surface area contributed by atoms with Gasteiger partial charge in [-0.05, 0) is 67.8 Å². The number of anilines is 3. The van der Waals surface area contributed by atoms with Crippen molar-refractivity contribution in [2.75, 3.05) is 26.4 Å². The molecule has 1 amide bonds. The van der Waals surface area contributed by atoms with E-state index >= 15 is 0 Å². The predicted octanol–water partition coefficient (Wildman–Crippen LogP) is 2.80. The fourth-order valence-electron chi connectivity index (χ4n) is 3.57. The first-order valence-corrected chi connectivity index (χ1v) is 13.0. The summed E-state index contributed by atoms with van der Waals surface area (Å²) in [5, 5.41) is 2.77. The Bertz CT molecular complexity index is 1160. The maximum atomic E-state index is 12.6. The fourth-order valence-corrected chi connectivity index (χ4v) is 5.97. The summed E-state index contributed by atoms with van der Waals surface area (Å²) < 4.78 is 51.6. The minimum Gasteiger partial charge on any atom is -0.322 e. The predicted molar refractivity (Wildman–Crippen MR) is 119 cm³/mol. The van der Waals surface area contributed by atoms with Crippen molar-refractivity contribution in [3.05, 3.63) is 53.6 Å². The number of nitrogens with one attached hydrogen (secondary N) is 2. The summed E-state index contributed by atoms with van der Waals surface area (Å²) >= 11 is 0. The standard InChI is InChI=1S/C20H25N3O5S2/c1-4-11-30(27,28)22-18-8-6-17(7-9-18)21-20(24)15-5-10-19-16(13-15)12-14(2)23(19)29(3,25)26/h5-10,13-14,22H,4,11-12H2,1-3H3,(H,21,24). The van der Waals surface area contributed by atoms with Crippen molar-refractivity contribution in [3.63, 3.8) is 0 Å². The average Bonchev–Trinajstić information content (AvgIpc) is 2.98. The Kier molecular flexibility index (Phi) is 6.09. The Morgan fingerprint density at radius 1 is 1.07 bits per heavy atom. The molecule has 1 aliphatic rings. The highest BCUT2D eigenvalue weighted by Crippen LogP contribution is 2.34. The summed E-state index contributed by atoms with van der Waals surface area (Å²) in [6.07, 6.45) is 2.23. The second-order valence-corrected chi connectivity index (χ2v) is 11.1. The number of carbonyl (C=O) groups excluding carboxylic acids is 1. The van der Waals surface area contributed by atoms with Gasteiger partial charge in [-0.15, -0.1) is 0 Å². The van der Waals surface area contributed by atoms with Gasteiger partial charge in [0.15, 0.2) is 0 Å². The highest BCUT2D eigenvalue weighted by atomic mass is 32.2. The number of sulfonamides is 2. The van der Waals surface area contributed by atoms with E-state index in [1.807, 2.05) is 6.92 Å². The molecule has 0 aromatic heterocycles. The zero-order chi connectivity index (χ0) is 22.1. The van der Waals surface area contributed by atoms with E-state index in [1.54, 1.807) is 49.4 Å². The molecule has 30 heavy (non-hydrogen) atoms. The number of carbonyl (C=O) groups is 1. The van der Waals surface area contributed by atoms with Gasteiger partial charge in [-0.1, -0.05) is 6.92 Å². The maximum absolute atomic E-state index is 12.6. The van der Waals surface area contributed by atoms with Crippen LogP contribution in [-0.4, -0.2) is 40.8 Å². The van der Waals surface area contributed by atoms with Crippen LogP contribution in [0, 0.1) is 0 Å². The van der Waals surface area contributed by atoms with Gasteiger partial charge in [0.1, 0.15) is 0 Å². The van der Waals surface area contributed by atoms with Crippen LogP contribution >= 0.6 is 0 Å². The van der Waals surface area contributed by atoms with Crippen molar-refractivity contribution in [2.45, 2.75) is 32.7 Å². The van der Waals surface area contributed by atoms with E-state index in [4.69, 9.17) is 0 Å². The number of hydrogen-bond donors (Lipinski definition) is 2. The number of nitrogens with zero attached hydrogens (tertiary/aromatic N) is 1. The first kappa shape index (κ1) is 22.1. The third-order valence-electron chi connectivity index (χ3n) is 4.74. The first-order valence-electron chi connectivity index (χ1n) is 9.54. The molecule has 2 aromatic rings. The van der Waals surface area contributed by atoms with Crippen LogP contribution in [0.3, 0.4) is 0 Å². The van der Waals surface area contributed by atoms with E-state index in [-0.39, 0.29) is 17.7 Å². The quantitative estimate of drug-likeness (QED) is 0.672. The Labute approximate surface area is 177 Å². The van der Waals surface area contributed by atoms with Crippen molar-refractivity contribution in [3.8, 4) is 0 Å². The molecule has 10 heteroatoms. The second-order valence-electron chi connectivity index (χ2n) is 7.41. The van der Waals surface area contributed by atoms with Gasteiger partial charge in [0, 0.05) is 23.0 Å². The third kappa shape index (κ3) is 4.93. The van der Waals surface area contributed by atoms with Crippen LogP contribution in [0.25, 0.3) is 0 Å². The van der Waals surface area contributed by atoms with Crippen LogP contribution < -0.4 is 14.3 Å². The molecule has 2 aromatic carbocycles. The molecule has 0 bridgehead atoms. The summed E-state index contributed by atoms with van der Waals surface area (Å²) in [5.74, 6) is -0.290. The molecule has 3 rings (SSSR count). The Morgan fingerprint density at radius 3 is 2.30 bits per heavy atom. The van der Waals surface area contributed by atoms with E-state index in [1.165, 1.54) is 10.6 Å². The van der Waals surface area contributed by atoms with Crippen LogP contribution in [-0.2, 0) is 26.5 Å². The lowest BCUT2D eigenvalue weighted by Crippen LogP contribution is -2.34. The molecular weight excluding hydrogens is 426 g/mol. The van der Waals surface area contributed by atoms with Crippen molar-refractivity contribution in [1.82, 2.24) is 0 Å². The van der Waals surface area contributed by atoms with Crippen molar-refractivity contribution in [2.24, 2.45) is 0 Å². The van der Waals surface area contributed by atoms with Crippen LogP contribution in [0.15, 0.2) is 42.5 Å². The highest BCUT2D eigenvalue weighted by Gasteiger charge is 2.32. The molecule has 0 spiro atoms. The minimum absolute atomic E-state index is 0.0409. The number of fused-ring (bicyclic) bond motifs is 1. The Balaban J connectivity index is 1.72. The van der Waals surface area contributed by atoms with E-state index in [9.17, 15) is 21.6 Å². The van der Waals surface area contributed by atoms with Crippen molar-refractivity contribution in [1.29, 1.82) is 0 Å². The Hall–Kier alpha value is -2.59. The van der Waals surface area contributed by atoms with Crippen molar-refractivity contribution < 1.29 is 21.6 Å². The van der Waals surface area contributed by atoms with Crippen LogP contribution in [0.2, 0.25) is 0 Å². The molecule has 1 heterocycles. The van der Waals surface area contributed by atoms with Gasteiger partial charge < -0.3 is 5.32 Å². The number of amides is 1. The van der Waals surface area contributed by atoms with Crippen molar-refractivity contribution >= 4 is 43.0 Å². The van der Waals surface area contributed by atoms with Gasteiger partial charge in [0.05, 0.1) is 17.7 Å². The Morgan fingerprint density at radius 2 is 1.70 bits per heavy atom. The average molecular weight is 452 g/mol. The molecule has 0 aliphatic carbocycles. The SMILES string of the molecule is CCCS(=O)(=O)Nc1ccc(NC(=O)c2ccc3c(c2)CC(C)N3S(C)(=O)=O)cc1. The van der Waals surface area contributed by atoms with Gasteiger partial charge in [0.2, 0.25) is 20.0 Å². The molecule has 0 radical (unpaired) electrons. The molecule has 1 atom stereocenters. The lowest BCUT2D eigenvalue weighted by molar-refractivity contribution is 0.102. The second kappa shape index (κ2) is 8.27. The molecule has 2 N–H and O–H groups in total. The summed E-state index contributed by atoms with van der Waals surface area (Å²) in [6, 6.07) is 11.1. The topological polar surface area (TPSA) is 113 Å². The monoisotopic (exact) mass is 451 g/mol. The van der Waals surface area contributed by atoms with Crippen LogP contribution in [0.1, 0.15) is 36.2 Å². The molecule has 0 saturated heterocycles. The number of benzene rings is 2. The molecule has 1 aliphatic heterocycles. The molecule has 8 nitrogen and oxygen atoms in total. The third-order valence-corrected chi connectivity index (χ3v) is 7.50.